The normalized spacial score (nSPS) is 28.4. The SMILES string of the molecule is CC(=O)c1ccc(NC(=O)[C@H]2C[C@@H]3CC[C@@H]2C3)cc1. The van der Waals surface area contributed by atoms with Crippen LogP contribution in [0, 0.1) is 17.8 Å². The highest BCUT2D eigenvalue weighted by Gasteiger charge is 2.42. The second-order valence-corrected chi connectivity index (χ2v) is 5.90. The number of nitrogens with one attached hydrogen (secondary N) is 1. The Bertz CT molecular complexity index is 506. The smallest absolute Gasteiger partial charge is 0.227 e. The van der Waals surface area contributed by atoms with Crippen LogP contribution in [0.25, 0.3) is 0 Å². The lowest BCUT2D eigenvalue weighted by molar-refractivity contribution is -0.121. The van der Waals surface area contributed by atoms with Gasteiger partial charge in [-0.05, 0) is 62.3 Å². The molecule has 1 aromatic carbocycles. The van der Waals surface area contributed by atoms with Gasteiger partial charge < -0.3 is 5.32 Å². The Kier molecular flexibility index (Phi) is 3.13. The minimum Gasteiger partial charge on any atom is -0.326 e. The molecule has 2 saturated carbocycles. The van der Waals surface area contributed by atoms with E-state index >= 15 is 0 Å². The predicted octanol–water partition coefficient (Wildman–Crippen LogP) is 3.26. The number of Topliss-reactive ketones (excluding diaryl/α,β-unsaturated/α-hetero) is 1. The highest BCUT2D eigenvalue weighted by Crippen LogP contribution is 2.48. The topological polar surface area (TPSA) is 46.2 Å². The molecule has 100 valence electrons. The maximum atomic E-state index is 12.2. The van der Waals surface area contributed by atoms with Gasteiger partial charge in [0.2, 0.25) is 5.91 Å². The number of hydrogen-bond donors (Lipinski definition) is 1. The van der Waals surface area contributed by atoms with Crippen LogP contribution in [0.4, 0.5) is 5.69 Å². The van der Waals surface area contributed by atoms with Crippen molar-refractivity contribution in [1.29, 1.82) is 0 Å². The van der Waals surface area contributed by atoms with Crippen molar-refractivity contribution in [2.75, 3.05) is 5.32 Å². The minimum absolute atomic E-state index is 0.0472. The number of carbonyl (C=O) groups excluding carboxylic acids is 2. The lowest BCUT2D eigenvalue weighted by atomic mass is 9.88. The molecular weight excluding hydrogens is 238 g/mol. The van der Waals surface area contributed by atoms with E-state index in [-0.39, 0.29) is 17.6 Å². The molecule has 2 fully saturated rings. The summed E-state index contributed by atoms with van der Waals surface area (Å²) in [7, 11) is 0. The van der Waals surface area contributed by atoms with E-state index in [4.69, 9.17) is 0 Å². The molecule has 0 spiro atoms. The summed E-state index contributed by atoms with van der Waals surface area (Å²) < 4.78 is 0. The summed E-state index contributed by atoms with van der Waals surface area (Å²) in [5, 5.41) is 2.98. The van der Waals surface area contributed by atoms with Crippen LogP contribution in [0.15, 0.2) is 24.3 Å². The van der Waals surface area contributed by atoms with Crippen LogP contribution in [0.5, 0.6) is 0 Å². The van der Waals surface area contributed by atoms with Gasteiger partial charge in [-0.15, -0.1) is 0 Å². The van der Waals surface area contributed by atoms with Crippen LogP contribution in [-0.2, 0) is 4.79 Å². The fraction of sp³-hybridized carbons (Fsp3) is 0.500. The number of ketones is 1. The molecule has 0 radical (unpaired) electrons. The molecule has 0 aliphatic heterocycles. The number of hydrogen-bond acceptors (Lipinski definition) is 2. The number of amides is 1. The average Bonchev–Trinajstić information content (AvgIpc) is 3.01. The van der Waals surface area contributed by atoms with Crippen molar-refractivity contribution in [1.82, 2.24) is 0 Å². The standard InChI is InChI=1S/C16H19NO2/c1-10(18)12-4-6-14(7-5-12)17-16(19)15-9-11-2-3-13(15)8-11/h4-7,11,13,15H,2-3,8-9H2,1H3,(H,17,19)/t11-,13-,15+/m1/s1. The van der Waals surface area contributed by atoms with Gasteiger partial charge in [0.25, 0.3) is 0 Å². The third-order valence-electron chi connectivity index (χ3n) is 4.63. The highest BCUT2D eigenvalue weighted by molar-refractivity contribution is 5.96. The Labute approximate surface area is 113 Å². The van der Waals surface area contributed by atoms with E-state index in [0.717, 1.165) is 18.0 Å². The molecular formula is C16H19NO2. The van der Waals surface area contributed by atoms with Gasteiger partial charge in [0, 0.05) is 17.2 Å². The van der Waals surface area contributed by atoms with Crippen molar-refractivity contribution in [3.05, 3.63) is 29.8 Å². The van der Waals surface area contributed by atoms with E-state index in [2.05, 4.69) is 5.32 Å². The van der Waals surface area contributed by atoms with Gasteiger partial charge in [-0.25, -0.2) is 0 Å². The van der Waals surface area contributed by atoms with Crippen molar-refractivity contribution in [3.8, 4) is 0 Å². The zero-order valence-corrected chi connectivity index (χ0v) is 11.2. The van der Waals surface area contributed by atoms with E-state index in [9.17, 15) is 9.59 Å². The van der Waals surface area contributed by atoms with E-state index in [0.29, 0.717) is 11.5 Å². The molecule has 1 aromatic rings. The van der Waals surface area contributed by atoms with Gasteiger partial charge in [0.15, 0.2) is 5.78 Å². The first kappa shape index (κ1) is 12.4. The molecule has 3 atom stereocenters. The Balaban J connectivity index is 1.64. The lowest BCUT2D eigenvalue weighted by Gasteiger charge is -2.20. The number of benzene rings is 1. The van der Waals surface area contributed by atoms with E-state index < -0.39 is 0 Å². The molecule has 3 heteroatoms. The second kappa shape index (κ2) is 4.80. The van der Waals surface area contributed by atoms with Crippen LogP contribution in [-0.4, -0.2) is 11.7 Å². The molecule has 2 bridgehead atoms. The van der Waals surface area contributed by atoms with E-state index in [1.807, 2.05) is 12.1 Å². The van der Waals surface area contributed by atoms with E-state index in [1.54, 1.807) is 19.1 Å². The van der Waals surface area contributed by atoms with Crippen LogP contribution in [0.2, 0.25) is 0 Å². The Morgan fingerprint density at radius 2 is 1.84 bits per heavy atom. The number of carbonyl (C=O) groups is 2. The molecule has 0 unspecified atom stereocenters. The van der Waals surface area contributed by atoms with E-state index in [1.165, 1.54) is 19.3 Å². The first-order valence-electron chi connectivity index (χ1n) is 7.05. The number of fused-ring (bicyclic) bond motifs is 2. The van der Waals surface area contributed by atoms with Gasteiger partial charge in [-0.2, -0.15) is 0 Å². The van der Waals surface area contributed by atoms with Crippen molar-refractivity contribution in [2.24, 2.45) is 17.8 Å². The van der Waals surface area contributed by atoms with Crippen LogP contribution < -0.4 is 5.32 Å². The second-order valence-electron chi connectivity index (χ2n) is 5.90. The lowest BCUT2D eigenvalue weighted by Crippen LogP contribution is -2.27. The molecule has 0 heterocycles. The van der Waals surface area contributed by atoms with Crippen LogP contribution in [0.1, 0.15) is 43.0 Å². The summed E-state index contributed by atoms with van der Waals surface area (Å²) in [5.41, 5.74) is 1.47. The van der Waals surface area contributed by atoms with Crippen molar-refractivity contribution < 1.29 is 9.59 Å². The Hall–Kier alpha value is -1.64. The summed E-state index contributed by atoms with van der Waals surface area (Å²) in [6.07, 6.45) is 4.82. The maximum absolute atomic E-state index is 12.2. The molecule has 19 heavy (non-hydrogen) atoms. The zero-order valence-electron chi connectivity index (χ0n) is 11.2. The molecule has 1 N–H and O–H groups in total. The van der Waals surface area contributed by atoms with Gasteiger partial charge in [-0.3, -0.25) is 9.59 Å². The summed E-state index contributed by atoms with van der Waals surface area (Å²) in [5.74, 6) is 1.78. The Morgan fingerprint density at radius 1 is 1.11 bits per heavy atom. The summed E-state index contributed by atoms with van der Waals surface area (Å²) in [6, 6.07) is 7.14. The first-order chi connectivity index (χ1) is 9.13. The van der Waals surface area contributed by atoms with Crippen LogP contribution in [0.3, 0.4) is 0 Å². The fourth-order valence-electron chi connectivity index (χ4n) is 3.59. The zero-order chi connectivity index (χ0) is 13.4. The molecule has 3 rings (SSSR count). The quantitative estimate of drug-likeness (QED) is 0.845. The third kappa shape index (κ3) is 2.42. The Morgan fingerprint density at radius 3 is 2.37 bits per heavy atom. The first-order valence-corrected chi connectivity index (χ1v) is 7.05. The summed E-state index contributed by atoms with van der Waals surface area (Å²) in [4.78, 5) is 23.4. The monoisotopic (exact) mass is 257 g/mol. The van der Waals surface area contributed by atoms with Gasteiger partial charge in [0.1, 0.15) is 0 Å². The maximum Gasteiger partial charge on any atom is 0.227 e. The van der Waals surface area contributed by atoms with Crippen molar-refractivity contribution in [2.45, 2.75) is 32.6 Å². The van der Waals surface area contributed by atoms with Crippen LogP contribution >= 0.6 is 0 Å². The molecule has 1 amide bonds. The number of anilines is 1. The predicted molar refractivity (Wildman–Crippen MR) is 74.0 cm³/mol. The summed E-state index contributed by atoms with van der Waals surface area (Å²) in [6.45, 7) is 1.54. The van der Waals surface area contributed by atoms with Gasteiger partial charge >= 0.3 is 0 Å². The largest absolute Gasteiger partial charge is 0.326 e. The van der Waals surface area contributed by atoms with Gasteiger partial charge in [0.05, 0.1) is 0 Å². The van der Waals surface area contributed by atoms with Crippen molar-refractivity contribution >= 4 is 17.4 Å². The molecule has 0 saturated heterocycles. The molecule has 0 aromatic heterocycles. The molecule has 2 aliphatic carbocycles. The summed E-state index contributed by atoms with van der Waals surface area (Å²) >= 11 is 0. The molecule has 3 nitrogen and oxygen atoms in total. The minimum atomic E-state index is 0.0472. The van der Waals surface area contributed by atoms with Gasteiger partial charge in [-0.1, -0.05) is 6.42 Å². The highest BCUT2D eigenvalue weighted by atomic mass is 16.2. The molecule has 2 aliphatic rings. The number of rotatable bonds is 3. The fourth-order valence-corrected chi connectivity index (χ4v) is 3.59. The van der Waals surface area contributed by atoms with Crippen molar-refractivity contribution in [3.63, 3.8) is 0 Å². The third-order valence-corrected chi connectivity index (χ3v) is 4.63. The average molecular weight is 257 g/mol.